The highest BCUT2D eigenvalue weighted by molar-refractivity contribution is 7.16. The minimum absolute atomic E-state index is 0.298. The van der Waals surface area contributed by atoms with E-state index in [9.17, 15) is 9.59 Å². The number of amides is 2. The van der Waals surface area contributed by atoms with Gasteiger partial charge in [0.2, 0.25) is 0 Å². The first-order valence-electron chi connectivity index (χ1n) is 6.33. The van der Waals surface area contributed by atoms with Crippen molar-refractivity contribution in [3.05, 3.63) is 16.0 Å². The predicted molar refractivity (Wildman–Crippen MR) is 77.1 cm³/mol. The maximum absolute atomic E-state index is 11.9. The number of ether oxygens (including phenoxy) is 1. The summed E-state index contributed by atoms with van der Waals surface area (Å²) in [5.41, 5.74) is 1.31. The van der Waals surface area contributed by atoms with Gasteiger partial charge in [-0.05, 0) is 32.8 Å². The van der Waals surface area contributed by atoms with Crippen molar-refractivity contribution in [2.75, 3.05) is 18.5 Å². The average molecular weight is 284 g/mol. The van der Waals surface area contributed by atoms with Gasteiger partial charge in [-0.15, -0.1) is 11.3 Å². The van der Waals surface area contributed by atoms with E-state index in [0.29, 0.717) is 23.7 Å². The van der Waals surface area contributed by atoms with Gasteiger partial charge in [0.25, 0.3) is 0 Å². The second kappa shape index (κ2) is 7.13. The van der Waals surface area contributed by atoms with Gasteiger partial charge < -0.3 is 10.1 Å². The fourth-order valence-corrected chi connectivity index (χ4v) is 2.59. The zero-order valence-corrected chi connectivity index (χ0v) is 12.6. The average Bonchev–Trinajstić information content (AvgIpc) is 2.62. The number of carbonyl (C=O) groups excluding carboxylic acids is 2. The van der Waals surface area contributed by atoms with Crippen LogP contribution in [0.3, 0.4) is 0 Å². The van der Waals surface area contributed by atoms with E-state index >= 15 is 0 Å². The first-order chi connectivity index (χ1) is 9.01. The first-order valence-corrected chi connectivity index (χ1v) is 7.14. The van der Waals surface area contributed by atoms with Gasteiger partial charge in [0.1, 0.15) is 5.00 Å². The summed E-state index contributed by atoms with van der Waals surface area (Å²) in [7, 11) is 0. The summed E-state index contributed by atoms with van der Waals surface area (Å²) in [6, 6.07) is -0.298. The molecule has 0 saturated carbocycles. The van der Waals surface area contributed by atoms with Crippen LogP contribution >= 0.6 is 11.3 Å². The van der Waals surface area contributed by atoms with Crippen molar-refractivity contribution in [1.29, 1.82) is 0 Å². The van der Waals surface area contributed by atoms with Gasteiger partial charge in [-0.25, -0.2) is 9.59 Å². The summed E-state index contributed by atoms with van der Waals surface area (Å²) in [4.78, 5) is 24.6. The number of nitrogens with one attached hydrogen (secondary N) is 2. The molecule has 106 valence electrons. The van der Waals surface area contributed by atoms with Crippen LogP contribution in [0, 0.1) is 13.8 Å². The number of anilines is 1. The van der Waals surface area contributed by atoms with E-state index in [1.54, 1.807) is 6.92 Å². The van der Waals surface area contributed by atoms with Crippen molar-refractivity contribution in [3.8, 4) is 0 Å². The van der Waals surface area contributed by atoms with Crippen molar-refractivity contribution in [2.45, 2.75) is 34.1 Å². The fraction of sp³-hybridized carbons (Fsp3) is 0.538. The second-order valence-corrected chi connectivity index (χ2v) is 5.31. The second-order valence-electron chi connectivity index (χ2n) is 4.09. The summed E-state index contributed by atoms with van der Waals surface area (Å²) in [6.07, 6.45) is 0.862. The van der Waals surface area contributed by atoms with E-state index in [4.69, 9.17) is 4.74 Å². The van der Waals surface area contributed by atoms with Gasteiger partial charge in [0.05, 0.1) is 12.2 Å². The van der Waals surface area contributed by atoms with Crippen LogP contribution in [0.15, 0.2) is 0 Å². The molecule has 1 rings (SSSR count). The Bertz CT molecular complexity index is 469. The Morgan fingerprint density at radius 3 is 2.53 bits per heavy atom. The van der Waals surface area contributed by atoms with E-state index in [0.717, 1.165) is 16.9 Å². The minimum Gasteiger partial charge on any atom is -0.462 e. The largest absolute Gasteiger partial charge is 0.462 e. The Balaban J connectivity index is 2.91. The summed E-state index contributed by atoms with van der Waals surface area (Å²) < 4.78 is 5.02. The maximum Gasteiger partial charge on any atom is 0.341 e. The van der Waals surface area contributed by atoms with Crippen LogP contribution in [0.5, 0.6) is 0 Å². The number of urea groups is 1. The van der Waals surface area contributed by atoms with Gasteiger partial charge in [-0.3, -0.25) is 5.32 Å². The van der Waals surface area contributed by atoms with E-state index in [1.807, 2.05) is 20.8 Å². The van der Waals surface area contributed by atoms with Gasteiger partial charge in [0, 0.05) is 11.4 Å². The summed E-state index contributed by atoms with van der Waals surface area (Å²) >= 11 is 1.38. The lowest BCUT2D eigenvalue weighted by Crippen LogP contribution is -2.29. The molecule has 0 fully saturated rings. The zero-order valence-electron chi connectivity index (χ0n) is 11.8. The lowest BCUT2D eigenvalue weighted by molar-refractivity contribution is 0.0527. The third kappa shape index (κ3) is 3.96. The Morgan fingerprint density at radius 2 is 1.95 bits per heavy atom. The zero-order chi connectivity index (χ0) is 14.4. The number of hydrogen-bond acceptors (Lipinski definition) is 4. The molecule has 2 amide bonds. The molecule has 6 heteroatoms. The Hall–Kier alpha value is -1.56. The van der Waals surface area contributed by atoms with Crippen LogP contribution in [0.1, 0.15) is 41.1 Å². The van der Waals surface area contributed by atoms with Gasteiger partial charge in [0.15, 0.2) is 0 Å². The maximum atomic E-state index is 11.9. The highest BCUT2D eigenvalue weighted by Crippen LogP contribution is 2.32. The predicted octanol–water partition coefficient (Wildman–Crippen LogP) is 3.07. The molecule has 0 atom stereocenters. The lowest BCUT2D eigenvalue weighted by atomic mass is 10.1. The molecular formula is C13H20N2O3S. The molecule has 0 aliphatic heterocycles. The van der Waals surface area contributed by atoms with Crippen molar-refractivity contribution in [2.24, 2.45) is 0 Å². The fourth-order valence-electron chi connectivity index (χ4n) is 1.55. The van der Waals surface area contributed by atoms with Gasteiger partial charge in [-0.2, -0.15) is 0 Å². The Kier molecular flexibility index (Phi) is 5.82. The van der Waals surface area contributed by atoms with E-state index in [1.165, 1.54) is 11.3 Å². The van der Waals surface area contributed by atoms with Crippen molar-refractivity contribution in [3.63, 3.8) is 0 Å². The van der Waals surface area contributed by atoms with Crippen molar-refractivity contribution >= 4 is 28.3 Å². The van der Waals surface area contributed by atoms with Crippen LogP contribution in [-0.4, -0.2) is 25.2 Å². The quantitative estimate of drug-likeness (QED) is 0.816. The van der Waals surface area contributed by atoms with E-state index < -0.39 is 5.97 Å². The number of thiophene rings is 1. The number of carbonyl (C=O) groups is 2. The van der Waals surface area contributed by atoms with Gasteiger partial charge in [-0.1, -0.05) is 6.92 Å². The number of rotatable bonds is 5. The van der Waals surface area contributed by atoms with Crippen LogP contribution in [0.4, 0.5) is 9.80 Å². The van der Waals surface area contributed by atoms with E-state index in [-0.39, 0.29) is 6.03 Å². The van der Waals surface area contributed by atoms with Crippen LogP contribution in [0.2, 0.25) is 0 Å². The molecule has 5 nitrogen and oxygen atoms in total. The Labute approximate surface area is 117 Å². The first kappa shape index (κ1) is 15.5. The SMILES string of the molecule is CCCNC(=O)Nc1sc(C)c(C)c1C(=O)OCC. The Morgan fingerprint density at radius 1 is 1.26 bits per heavy atom. The smallest absolute Gasteiger partial charge is 0.341 e. The monoisotopic (exact) mass is 284 g/mol. The molecule has 1 aromatic heterocycles. The summed E-state index contributed by atoms with van der Waals surface area (Å²) in [6.45, 7) is 8.42. The normalized spacial score (nSPS) is 10.1. The standard InChI is InChI=1S/C13H20N2O3S/c1-5-7-14-13(17)15-11-10(12(16)18-6-2)8(3)9(4)19-11/h5-7H2,1-4H3,(H2,14,15,17). The summed E-state index contributed by atoms with van der Waals surface area (Å²) in [5, 5.41) is 5.97. The molecule has 0 radical (unpaired) electrons. The van der Waals surface area contributed by atoms with Crippen LogP contribution in [0.25, 0.3) is 0 Å². The molecule has 0 aromatic carbocycles. The molecule has 2 N–H and O–H groups in total. The molecular weight excluding hydrogens is 264 g/mol. The third-order valence-electron chi connectivity index (χ3n) is 2.63. The van der Waals surface area contributed by atoms with Crippen molar-refractivity contribution < 1.29 is 14.3 Å². The third-order valence-corrected chi connectivity index (χ3v) is 3.75. The van der Waals surface area contributed by atoms with Crippen LogP contribution in [-0.2, 0) is 4.74 Å². The molecule has 0 aliphatic rings. The molecule has 1 heterocycles. The highest BCUT2D eigenvalue weighted by Gasteiger charge is 2.21. The molecule has 0 bridgehead atoms. The number of esters is 1. The van der Waals surface area contributed by atoms with Crippen LogP contribution < -0.4 is 10.6 Å². The molecule has 19 heavy (non-hydrogen) atoms. The minimum atomic E-state index is -0.393. The lowest BCUT2D eigenvalue weighted by Gasteiger charge is -2.07. The molecule has 0 aliphatic carbocycles. The molecule has 1 aromatic rings. The number of hydrogen-bond donors (Lipinski definition) is 2. The number of aryl methyl sites for hydroxylation is 1. The topological polar surface area (TPSA) is 67.4 Å². The van der Waals surface area contributed by atoms with Crippen molar-refractivity contribution in [1.82, 2.24) is 5.32 Å². The highest BCUT2D eigenvalue weighted by atomic mass is 32.1. The molecule has 0 unspecified atom stereocenters. The molecule has 0 spiro atoms. The summed E-state index contributed by atoms with van der Waals surface area (Å²) in [5.74, 6) is -0.393. The van der Waals surface area contributed by atoms with Gasteiger partial charge >= 0.3 is 12.0 Å². The molecule has 0 saturated heterocycles. The van der Waals surface area contributed by atoms with E-state index in [2.05, 4.69) is 10.6 Å².